The van der Waals surface area contributed by atoms with Crippen molar-refractivity contribution in [3.05, 3.63) is 47.6 Å². The van der Waals surface area contributed by atoms with Gasteiger partial charge in [-0.05, 0) is 107 Å². The summed E-state index contributed by atoms with van der Waals surface area (Å²) in [6.07, 6.45) is 11.2. The number of alkyl halides is 3. The third-order valence-electron chi connectivity index (χ3n) is 14.5. The van der Waals surface area contributed by atoms with Crippen LogP contribution in [-0.4, -0.2) is 136 Å². The molecule has 69 heavy (non-hydrogen) atoms. The van der Waals surface area contributed by atoms with Gasteiger partial charge in [-0.25, -0.2) is 4.79 Å². The van der Waals surface area contributed by atoms with Gasteiger partial charge in [-0.3, -0.25) is 19.2 Å². The molecule has 2 bridgehead atoms. The predicted octanol–water partition coefficient (Wildman–Crippen LogP) is 8.17. The van der Waals surface area contributed by atoms with E-state index in [1.807, 2.05) is 58.1 Å². The Bertz CT molecular complexity index is 1820. The molecule has 3 aliphatic heterocycles. The van der Waals surface area contributed by atoms with E-state index < -0.39 is 88.2 Å². The van der Waals surface area contributed by atoms with Crippen molar-refractivity contribution in [1.82, 2.24) is 4.90 Å². The number of ketones is 3. The van der Waals surface area contributed by atoms with Crippen molar-refractivity contribution in [2.24, 2.45) is 35.5 Å². The number of Topliss-reactive ketones (excluding diaryl/α,β-unsaturated/α-hetero) is 3. The summed E-state index contributed by atoms with van der Waals surface area (Å²) >= 11 is 14.4. The molecule has 1 saturated carbocycles. The van der Waals surface area contributed by atoms with Crippen LogP contribution in [0.25, 0.3) is 0 Å². The van der Waals surface area contributed by atoms with Crippen LogP contribution in [-0.2, 0) is 47.7 Å². The number of piperidine rings is 1. The van der Waals surface area contributed by atoms with E-state index in [1.54, 1.807) is 41.1 Å². The lowest BCUT2D eigenvalue weighted by Gasteiger charge is -2.42. The lowest BCUT2D eigenvalue weighted by molar-refractivity contribution is -0.265. The number of methoxy groups -OCH3 is 3. The number of hydrogen-bond donors (Lipinski definition) is 3. The second kappa shape index (κ2) is 29.3. The molecule has 0 aromatic carbocycles. The van der Waals surface area contributed by atoms with Crippen LogP contribution in [0, 0.1) is 35.5 Å². The highest BCUT2D eigenvalue weighted by atomic mass is 35.6. The number of carbonyl (C=O) groups excluding carboxylic acids is 5. The van der Waals surface area contributed by atoms with Crippen LogP contribution in [0.3, 0.4) is 0 Å². The predicted molar refractivity (Wildman–Crippen MR) is 266 cm³/mol. The Labute approximate surface area is 425 Å². The molecule has 392 valence electrons. The number of hydrogen-bond acceptors (Lipinski definition) is 13. The average Bonchev–Trinajstić information content (AvgIpc) is 3.30. The quantitative estimate of drug-likeness (QED) is 0.0999. The number of allylic oxidation sites excluding steroid dienone is 6. The van der Waals surface area contributed by atoms with Crippen molar-refractivity contribution in [3.63, 3.8) is 0 Å². The molecule has 3 heterocycles. The molecule has 15 atom stereocenters. The van der Waals surface area contributed by atoms with Gasteiger partial charge in [0.2, 0.25) is 5.79 Å². The Kier molecular flexibility index (Phi) is 25.8. The summed E-state index contributed by atoms with van der Waals surface area (Å²) in [5.41, 5.74) is 1.27. The zero-order chi connectivity index (χ0) is 51.7. The average molecular weight is 1030 g/mol. The number of esters is 1. The number of cyclic esters (lactones) is 1. The smallest absolute Gasteiger partial charge is 0.329 e. The van der Waals surface area contributed by atoms with E-state index in [1.165, 1.54) is 12.0 Å². The van der Waals surface area contributed by atoms with Crippen LogP contribution in [0.1, 0.15) is 126 Å². The molecule has 3 fully saturated rings. The van der Waals surface area contributed by atoms with Crippen molar-refractivity contribution < 1.29 is 63.0 Å². The maximum absolute atomic E-state index is 14.4. The molecule has 2 saturated heterocycles. The fourth-order valence-corrected chi connectivity index (χ4v) is 10.1. The lowest BCUT2D eigenvalue weighted by atomic mass is 9.78. The number of aliphatic hydroxyl groups is 3. The van der Waals surface area contributed by atoms with Crippen molar-refractivity contribution in [2.45, 2.75) is 184 Å². The lowest BCUT2D eigenvalue weighted by Crippen LogP contribution is -2.61. The van der Waals surface area contributed by atoms with Gasteiger partial charge < -0.3 is 43.9 Å². The normalized spacial score (nSPS) is 38.6. The maximum atomic E-state index is 14.4. The van der Waals surface area contributed by atoms with Crippen LogP contribution in [0.2, 0.25) is 0 Å². The summed E-state index contributed by atoms with van der Waals surface area (Å²) in [6.45, 7) is 12.7. The van der Waals surface area contributed by atoms with Gasteiger partial charge in [0.25, 0.3) is 11.7 Å². The summed E-state index contributed by atoms with van der Waals surface area (Å²) in [6, 6.07) is -1.14. The minimum atomic E-state index is -2.43. The number of ether oxygens (including phenoxy) is 5. The second-order valence-corrected chi connectivity index (χ2v) is 21.8. The minimum Gasteiger partial charge on any atom is -0.460 e. The fourth-order valence-electron chi connectivity index (χ4n) is 10.1. The van der Waals surface area contributed by atoms with Gasteiger partial charge >= 0.3 is 5.97 Å². The molecular weight excluding hydrogens is 953 g/mol. The van der Waals surface area contributed by atoms with Gasteiger partial charge in [0, 0.05) is 58.5 Å². The highest BCUT2D eigenvalue weighted by Crippen LogP contribution is 2.38. The first-order valence-corrected chi connectivity index (χ1v) is 25.9. The minimum absolute atomic E-state index is 0.0193. The number of amides is 1. The first kappa shape index (κ1) is 60.8. The molecule has 4 aliphatic rings. The van der Waals surface area contributed by atoms with Gasteiger partial charge in [0.05, 0.1) is 24.4 Å². The third kappa shape index (κ3) is 17.9. The highest BCUT2D eigenvalue weighted by molar-refractivity contribution is 6.63. The third-order valence-corrected chi connectivity index (χ3v) is 14.5. The summed E-state index contributed by atoms with van der Waals surface area (Å²) in [5.74, 6) is -7.96. The van der Waals surface area contributed by atoms with Gasteiger partial charge in [-0.15, -0.1) is 0 Å². The molecule has 3 N–H and O–H groups in total. The number of fused-ring (bicyclic) bond motifs is 3. The molecule has 0 aromatic heterocycles. The number of nitrogens with zero attached hydrogens (tertiary/aromatic N) is 1. The first-order valence-electron chi connectivity index (χ1n) is 24.6. The zero-order valence-corrected chi connectivity index (χ0v) is 44.6. The molecule has 14 nitrogen and oxygen atoms in total. The van der Waals surface area contributed by atoms with Gasteiger partial charge in [0.15, 0.2) is 10.1 Å². The van der Waals surface area contributed by atoms with Crippen molar-refractivity contribution >= 4 is 64.0 Å². The Hall–Kier alpha value is -2.50. The molecule has 1 aliphatic carbocycles. The maximum Gasteiger partial charge on any atom is 0.329 e. The van der Waals surface area contributed by atoms with Crippen molar-refractivity contribution in [2.75, 3.05) is 27.9 Å². The van der Waals surface area contributed by atoms with Crippen LogP contribution in [0.5, 0.6) is 0 Å². The number of halogens is 3. The second-order valence-electron chi connectivity index (χ2n) is 19.8. The molecule has 17 heteroatoms. The van der Waals surface area contributed by atoms with Crippen LogP contribution in [0.15, 0.2) is 47.6 Å². The summed E-state index contributed by atoms with van der Waals surface area (Å²) < 4.78 is 28.6. The Morgan fingerprint density at radius 3 is 2.16 bits per heavy atom. The van der Waals surface area contributed by atoms with Crippen LogP contribution < -0.4 is 0 Å². The number of aliphatic hydroxyl groups excluding tert-OH is 2. The van der Waals surface area contributed by atoms with E-state index in [-0.39, 0.29) is 54.8 Å². The van der Waals surface area contributed by atoms with Gasteiger partial charge in [0.1, 0.15) is 30.1 Å². The SMILES string of the molecule is CO[C@H]1C[C@@H]2CC[C@@H](C)[C@@](O)(O2)C(=O)C(=O)N2CCCC[C@H]2C(=O)O[C@H]([C@@H](C)C[C@@H]2CC[C@@H](O)[C@H](OC)C2)CC(=O)[C@H](C)/C=C(\C)[C@@H](O)[C@@H](OC)C(=O)[C@H](C)C[C@H](C)/C=C/C=C/C=C/1C.ClC(Cl)Cl. The molecular formula is C52H80Cl3NO13. The standard InChI is InChI=1S/C51H79NO13.CHCl3/c1-30-16-12-11-13-17-31(2)42(61-8)28-38-21-19-36(7)51(60,65-38)48(57)49(58)52-23-15-14-18-39(52)50(59)64-43(33(4)26-37-20-22-40(53)44(27-37)62-9)29-41(54)32(3)25-35(6)46(56)47(63-10)45(55)34(5)24-30;2-1(3)4/h11-13,16-17,25,30,32-34,36-40,42-44,46-47,53,56,60H,14-15,18-24,26-29H2,1-10H3;1H/b13-11+,16-12+,31-17+,35-25+;/t30-,32-,33+,34-,36-,37+,38+,39+,40-,42+,43+,44-,46-,47+,51-;/m1./s1. The summed E-state index contributed by atoms with van der Waals surface area (Å²) in [7, 11) is 4.52. The van der Waals surface area contributed by atoms with E-state index in [0.29, 0.717) is 63.4 Å². The summed E-state index contributed by atoms with van der Waals surface area (Å²) in [4.78, 5) is 71.8. The zero-order valence-electron chi connectivity index (χ0n) is 42.3. The van der Waals surface area contributed by atoms with Gasteiger partial charge in [-0.2, -0.15) is 0 Å². The Morgan fingerprint density at radius 1 is 0.841 bits per heavy atom. The molecule has 4 rings (SSSR count). The van der Waals surface area contributed by atoms with E-state index in [0.717, 1.165) is 12.0 Å². The first-order chi connectivity index (χ1) is 32.5. The number of rotatable bonds is 6. The number of carbonyl (C=O) groups is 5. The fraction of sp³-hybridized carbons (Fsp3) is 0.750. The monoisotopic (exact) mass is 1030 g/mol. The van der Waals surface area contributed by atoms with E-state index >= 15 is 0 Å². The van der Waals surface area contributed by atoms with Crippen LogP contribution in [0.4, 0.5) is 0 Å². The molecule has 1 amide bonds. The van der Waals surface area contributed by atoms with Crippen LogP contribution >= 0.6 is 34.8 Å². The Balaban J connectivity index is 0.00000303. The topological polar surface area (TPSA) is 195 Å². The summed E-state index contributed by atoms with van der Waals surface area (Å²) in [5, 5.41) is 33.8. The largest absolute Gasteiger partial charge is 0.460 e. The highest BCUT2D eigenvalue weighted by Gasteiger charge is 2.53. The molecule has 0 unspecified atom stereocenters. The van der Waals surface area contributed by atoms with Crippen molar-refractivity contribution in [1.29, 1.82) is 0 Å². The Morgan fingerprint density at radius 2 is 1.52 bits per heavy atom. The van der Waals surface area contributed by atoms with Crippen molar-refractivity contribution in [3.8, 4) is 0 Å². The van der Waals surface area contributed by atoms with E-state index in [9.17, 15) is 39.3 Å². The molecule has 0 aromatic rings. The van der Waals surface area contributed by atoms with E-state index in [4.69, 9.17) is 58.5 Å². The van der Waals surface area contributed by atoms with E-state index in [2.05, 4.69) is 0 Å². The molecule has 0 radical (unpaired) electrons. The molecule has 0 spiro atoms. The van der Waals surface area contributed by atoms with Gasteiger partial charge in [-0.1, -0.05) is 106 Å².